The van der Waals surface area contributed by atoms with Gasteiger partial charge in [-0.15, -0.1) is 0 Å². The van der Waals surface area contributed by atoms with E-state index in [4.69, 9.17) is 17.4 Å². The molecule has 0 aliphatic carbocycles. The minimum absolute atomic E-state index is 0.0799. The van der Waals surface area contributed by atoms with E-state index in [2.05, 4.69) is 21.4 Å². The first-order valence-corrected chi connectivity index (χ1v) is 7.34. The van der Waals surface area contributed by atoms with E-state index in [9.17, 15) is 4.39 Å². The van der Waals surface area contributed by atoms with Crippen LogP contribution < -0.4 is 11.3 Å². The summed E-state index contributed by atoms with van der Waals surface area (Å²) in [6.45, 7) is 2.02. The Balaban J connectivity index is 2.26. The Morgan fingerprint density at radius 1 is 1.30 bits per heavy atom. The van der Waals surface area contributed by atoms with Gasteiger partial charge in [-0.25, -0.2) is 4.39 Å². The molecule has 0 aliphatic rings. The van der Waals surface area contributed by atoms with Crippen molar-refractivity contribution in [3.63, 3.8) is 0 Å². The van der Waals surface area contributed by atoms with Crippen LogP contribution in [-0.4, -0.2) is 0 Å². The van der Waals surface area contributed by atoms with Crippen LogP contribution in [0.15, 0.2) is 40.9 Å². The third-order valence-electron chi connectivity index (χ3n) is 3.23. The molecular formula is C15H15BrClFN2. The zero-order valence-corrected chi connectivity index (χ0v) is 13.3. The predicted octanol–water partition coefficient (Wildman–Crippen LogP) is 4.30. The third kappa shape index (κ3) is 3.58. The van der Waals surface area contributed by atoms with E-state index in [1.165, 1.54) is 6.07 Å². The maximum atomic E-state index is 13.5. The first kappa shape index (κ1) is 15.4. The molecular weight excluding hydrogens is 343 g/mol. The molecule has 5 heteroatoms. The summed E-state index contributed by atoms with van der Waals surface area (Å²) in [5.74, 6) is 5.24. The molecule has 0 aliphatic heterocycles. The summed E-state index contributed by atoms with van der Waals surface area (Å²) < 4.78 is 14.5. The molecule has 3 N–H and O–H groups in total. The lowest BCUT2D eigenvalue weighted by Crippen LogP contribution is -2.30. The van der Waals surface area contributed by atoms with Crippen LogP contribution in [-0.2, 0) is 6.42 Å². The second kappa shape index (κ2) is 6.68. The molecule has 0 amide bonds. The third-order valence-corrected chi connectivity index (χ3v) is 4.03. The van der Waals surface area contributed by atoms with Crippen LogP contribution in [0.3, 0.4) is 0 Å². The molecule has 2 nitrogen and oxygen atoms in total. The lowest BCUT2D eigenvalue weighted by Gasteiger charge is -2.19. The standard InChI is InChI=1S/C15H15BrClFN2/c1-9-6-11(16)3-4-12(9)15(20-19)8-10-2-5-13(17)14(18)7-10/h2-7,15,20H,8,19H2,1H3. The fraction of sp³-hybridized carbons (Fsp3) is 0.200. The highest BCUT2D eigenvalue weighted by Gasteiger charge is 2.14. The molecule has 0 bridgehead atoms. The Morgan fingerprint density at radius 3 is 2.65 bits per heavy atom. The van der Waals surface area contributed by atoms with Crippen molar-refractivity contribution in [2.45, 2.75) is 19.4 Å². The highest BCUT2D eigenvalue weighted by atomic mass is 79.9. The average molecular weight is 358 g/mol. The second-order valence-corrected chi connectivity index (χ2v) is 6.00. The molecule has 0 fully saturated rings. The Kier molecular flexibility index (Phi) is 5.16. The van der Waals surface area contributed by atoms with Crippen LogP contribution in [0.25, 0.3) is 0 Å². The molecule has 2 rings (SSSR count). The first-order chi connectivity index (χ1) is 9.51. The van der Waals surface area contributed by atoms with Crippen molar-refractivity contribution in [3.8, 4) is 0 Å². The van der Waals surface area contributed by atoms with Crippen molar-refractivity contribution in [2.24, 2.45) is 5.84 Å². The van der Waals surface area contributed by atoms with Gasteiger partial charge in [0.15, 0.2) is 0 Å². The van der Waals surface area contributed by atoms with Gasteiger partial charge in [-0.2, -0.15) is 0 Å². The van der Waals surface area contributed by atoms with Crippen LogP contribution in [0.4, 0.5) is 4.39 Å². The summed E-state index contributed by atoms with van der Waals surface area (Å²) >= 11 is 9.13. The van der Waals surface area contributed by atoms with Crippen molar-refractivity contribution in [3.05, 3.63) is 68.4 Å². The zero-order valence-electron chi connectivity index (χ0n) is 11.0. The molecule has 0 radical (unpaired) electrons. The SMILES string of the molecule is Cc1cc(Br)ccc1C(Cc1ccc(Cl)c(F)c1)NN. The summed E-state index contributed by atoms with van der Waals surface area (Å²) in [7, 11) is 0. The Hall–Kier alpha value is -0.940. The quantitative estimate of drug-likeness (QED) is 0.632. The van der Waals surface area contributed by atoms with E-state index in [0.29, 0.717) is 6.42 Å². The molecule has 0 spiro atoms. The fourth-order valence-corrected chi connectivity index (χ4v) is 2.78. The van der Waals surface area contributed by atoms with E-state index in [0.717, 1.165) is 21.2 Å². The monoisotopic (exact) mass is 356 g/mol. The zero-order chi connectivity index (χ0) is 14.7. The van der Waals surface area contributed by atoms with Crippen LogP contribution in [0.2, 0.25) is 5.02 Å². The predicted molar refractivity (Wildman–Crippen MR) is 84.1 cm³/mol. The number of nitrogens with one attached hydrogen (secondary N) is 1. The molecule has 2 aromatic carbocycles. The van der Waals surface area contributed by atoms with Crippen LogP contribution in [0.5, 0.6) is 0 Å². The van der Waals surface area contributed by atoms with Crippen molar-refractivity contribution in [2.75, 3.05) is 0 Å². The van der Waals surface area contributed by atoms with Crippen LogP contribution in [0, 0.1) is 12.7 Å². The topological polar surface area (TPSA) is 38.0 Å². The van der Waals surface area contributed by atoms with Gasteiger partial charge in [0, 0.05) is 4.47 Å². The second-order valence-electron chi connectivity index (χ2n) is 4.67. The molecule has 20 heavy (non-hydrogen) atoms. The summed E-state index contributed by atoms with van der Waals surface area (Å²) in [6, 6.07) is 10.7. The molecule has 0 saturated carbocycles. The molecule has 0 aromatic heterocycles. The number of benzene rings is 2. The normalized spacial score (nSPS) is 12.4. The molecule has 2 aromatic rings. The Labute approximate surface area is 131 Å². The minimum atomic E-state index is -0.410. The minimum Gasteiger partial charge on any atom is -0.271 e. The van der Waals surface area contributed by atoms with Crippen LogP contribution >= 0.6 is 27.5 Å². The van der Waals surface area contributed by atoms with Crippen molar-refractivity contribution >= 4 is 27.5 Å². The smallest absolute Gasteiger partial charge is 0.142 e. The molecule has 0 saturated heterocycles. The fourth-order valence-electron chi connectivity index (χ4n) is 2.19. The van der Waals surface area contributed by atoms with Gasteiger partial charge in [0.05, 0.1) is 11.1 Å². The number of halogens is 3. The number of rotatable bonds is 4. The maximum absolute atomic E-state index is 13.5. The van der Waals surface area contributed by atoms with E-state index >= 15 is 0 Å². The summed E-state index contributed by atoms with van der Waals surface area (Å²) in [5.41, 5.74) is 5.85. The Morgan fingerprint density at radius 2 is 2.05 bits per heavy atom. The van der Waals surface area contributed by atoms with Crippen molar-refractivity contribution in [1.82, 2.24) is 5.43 Å². The van der Waals surface area contributed by atoms with Gasteiger partial charge < -0.3 is 0 Å². The molecule has 106 valence electrons. The van der Waals surface area contributed by atoms with E-state index in [-0.39, 0.29) is 11.1 Å². The van der Waals surface area contributed by atoms with Crippen molar-refractivity contribution < 1.29 is 4.39 Å². The molecule has 1 atom stereocenters. The number of hydrazine groups is 1. The lowest BCUT2D eigenvalue weighted by atomic mass is 9.96. The first-order valence-electron chi connectivity index (χ1n) is 6.17. The molecule has 0 heterocycles. The maximum Gasteiger partial charge on any atom is 0.142 e. The van der Waals surface area contributed by atoms with E-state index < -0.39 is 5.82 Å². The van der Waals surface area contributed by atoms with Gasteiger partial charge in [-0.3, -0.25) is 11.3 Å². The highest BCUT2D eigenvalue weighted by Crippen LogP contribution is 2.25. The van der Waals surface area contributed by atoms with Gasteiger partial charge in [0.2, 0.25) is 0 Å². The van der Waals surface area contributed by atoms with Gasteiger partial charge >= 0.3 is 0 Å². The number of hydrogen-bond donors (Lipinski definition) is 2. The van der Waals surface area contributed by atoms with E-state index in [1.54, 1.807) is 6.07 Å². The van der Waals surface area contributed by atoms with Gasteiger partial charge in [0.25, 0.3) is 0 Å². The highest BCUT2D eigenvalue weighted by molar-refractivity contribution is 9.10. The van der Waals surface area contributed by atoms with Gasteiger partial charge in [0.1, 0.15) is 5.82 Å². The average Bonchev–Trinajstić information content (AvgIpc) is 2.41. The molecule has 1 unspecified atom stereocenters. The van der Waals surface area contributed by atoms with Gasteiger partial charge in [-0.05, 0) is 54.3 Å². The van der Waals surface area contributed by atoms with Crippen molar-refractivity contribution in [1.29, 1.82) is 0 Å². The largest absolute Gasteiger partial charge is 0.271 e. The summed E-state index contributed by atoms with van der Waals surface area (Å²) in [4.78, 5) is 0. The Bertz CT molecular complexity index is 619. The van der Waals surface area contributed by atoms with Crippen LogP contribution in [0.1, 0.15) is 22.7 Å². The number of hydrogen-bond acceptors (Lipinski definition) is 2. The summed E-state index contributed by atoms with van der Waals surface area (Å²) in [6.07, 6.45) is 0.590. The number of nitrogens with two attached hydrogens (primary N) is 1. The number of aryl methyl sites for hydroxylation is 1. The van der Waals surface area contributed by atoms with E-state index in [1.807, 2.05) is 31.2 Å². The lowest BCUT2D eigenvalue weighted by molar-refractivity contribution is 0.546. The summed E-state index contributed by atoms with van der Waals surface area (Å²) in [5, 5.41) is 0.130. The van der Waals surface area contributed by atoms with Gasteiger partial charge in [-0.1, -0.05) is 39.7 Å².